The van der Waals surface area contributed by atoms with Crippen LogP contribution < -0.4 is 0 Å². The van der Waals surface area contributed by atoms with Crippen molar-refractivity contribution in [1.29, 1.82) is 0 Å². The predicted octanol–water partition coefficient (Wildman–Crippen LogP) is 4.36. The van der Waals surface area contributed by atoms with E-state index in [9.17, 15) is 0 Å². The molecule has 0 saturated heterocycles. The fourth-order valence-corrected chi connectivity index (χ4v) is 2.03. The van der Waals surface area contributed by atoms with Gasteiger partial charge in [0.25, 0.3) is 0 Å². The van der Waals surface area contributed by atoms with Gasteiger partial charge in [-0.1, -0.05) is 44.3 Å². The molecule has 0 atom stereocenters. The molecule has 17 heavy (non-hydrogen) atoms. The molecule has 1 heterocycles. The normalized spacial score (nSPS) is 11.2. The highest BCUT2D eigenvalue weighted by Crippen LogP contribution is 2.27. The van der Waals surface area contributed by atoms with Gasteiger partial charge in [-0.15, -0.1) is 0 Å². The van der Waals surface area contributed by atoms with Crippen molar-refractivity contribution >= 4 is 31.7 Å². The number of nitrogens with zero attached hydrogens (tertiary/aromatic N) is 1. The molecule has 87 valence electrons. The number of hydrogen-bond acceptors (Lipinski definition) is 0. The van der Waals surface area contributed by atoms with Crippen LogP contribution in [0.5, 0.6) is 0 Å². The molecule has 0 bridgehead atoms. The zero-order valence-corrected chi connectivity index (χ0v) is 10.9. The van der Waals surface area contributed by atoms with E-state index in [1.165, 1.54) is 0 Å². The van der Waals surface area contributed by atoms with Crippen LogP contribution in [0.4, 0.5) is 0 Å². The van der Waals surface area contributed by atoms with Gasteiger partial charge in [0.1, 0.15) is 0 Å². The van der Waals surface area contributed by atoms with Crippen LogP contribution in [0.1, 0.15) is 36.4 Å². The summed E-state index contributed by atoms with van der Waals surface area (Å²) in [7, 11) is 2.06. The first-order valence-electron chi connectivity index (χ1n) is 5.83. The van der Waals surface area contributed by atoms with Crippen LogP contribution >= 0.6 is 0 Å². The SMILES string of the molecule is C=Cc1c(C=C)c(/C=C\C)n([B]C)c1/C=C\C. The van der Waals surface area contributed by atoms with Gasteiger partial charge in [0.15, 0.2) is 0 Å². The molecule has 0 N–H and O–H groups in total. The van der Waals surface area contributed by atoms with E-state index in [4.69, 9.17) is 0 Å². The Morgan fingerprint density at radius 3 is 1.59 bits per heavy atom. The van der Waals surface area contributed by atoms with Crippen molar-refractivity contribution in [2.24, 2.45) is 0 Å². The first kappa shape index (κ1) is 13.4. The van der Waals surface area contributed by atoms with E-state index in [0.717, 1.165) is 22.5 Å². The largest absolute Gasteiger partial charge is 0.390 e. The third-order valence-corrected chi connectivity index (χ3v) is 2.68. The highest BCUT2D eigenvalue weighted by molar-refractivity contribution is 6.33. The summed E-state index contributed by atoms with van der Waals surface area (Å²) in [4.78, 5) is 0. The quantitative estimate of drug-likeness (QED) is 0.655. The Kier molecular flexibility index (Phi) is 4.83. The molecule has 0 fully saturated rings. The summed E-state index contributed by atoms with van der Waals surface area (Å²) in [6, 6.07) is 0. The number of allylic oxidation sites excluding steroid dienone is 2. The molecule has 2 heteroatoms. The van der Waals surface area contributed by atoms with Crippen LogP contribution in [-0.2, 0) is 0 Å². The molecule has 0 spiro atoms. The minimum absolute atomic E-state index is 1.13. The minimum Gasteiger partial charge on any atom is -0.390 e. The standard InChI is InChI=1S/C15H19BN/c1-6-10-14-12(8-3)13(9-4)15(11-7-2)17(14)16-5/h6-11H,3-4H2,1-2,5H3/b10-6-,11-7-. The van der Waals surface area contributed by atoms with E-state index in [0.29, 0.717) is 0 Å². The fraction of sp³-hybridized carbons (Fsp3) is 0.200. The average molecular weight is 224 g/mol. The summed E-state index contributed by atoms with van der Waals surface area (Å²) in [6.07, 6.45) is 12.0. The molecule has 1 nitrogen and oxygen atoms in total. The summed E-state index contributed by atoms with van der Waals surface area (Å²) in [5.41, 5.74) is 4.55. The minimum atomic E-state index is 1.13. The van der Waals surface area contributed by atoms with Gasteiger partial charge in [-0.25, -0.2) is 0 Å². The number of rotatable bonds is 5. The van der Waals surface area contributed by atoms with Crippen molar-refractivity contribution in [3.8, 4) is 0 Å². The number of aromatic nitrogens is 1. The van der Waals surface area contributed by atoms with E-state index in [2.05, 4.69) is 37.2 Å². The molecule has 0 aliphatic rings. The van der Waals surface area contributed by atoms with Gasteiger partial charge >= 0.3 is 0 Å². The van der Waals surface area contributed by atoms with Crippen LogP contribution in [0.3, 0.4) is 0 Å². The first-order chi connectivity index (χ1) is 8.24. The second kappa shape index (κ2) is 6.14. The monoisotopic (exact) mass is 224 g/mol. The van der Waals surface area contributed by atoms with Crippen LogP contribution in [0.15, 0.2) is 25.3 Å². The molecule has 0 unspecified atom stereocenters. The average Bonchev–Trinajstić information content (AvgIpc) is 2.62. The Hall–Kier alpha value is -1.70. The molecule has 1 aromatic rings. The maximum atomic E-state index is 3.90. The van der Waals surface area contributed by atoms with Crippen molar-refractivity contribution in [3.63, 3.8) is 0 Å². The Bertz CT molecular complexity index is 434. The molecule has 0 aromatic carbocycles. The summed E-state index contributed by atoms with van der Waals surface area (Å²) in [5.74, 6) is 0. The molecule has 1 rings (SSSR count). The third kappa shape index (κ3) is 2.36. The van der Waals surface area contributed by atoms with Crippen LogP contribution in [0.25, 0.3) is 24.3 Å². The fourth-order valence-electron chi connectivity index (χ4n) is 2.03. The molecular weight excluding hydrogens is 205 g/mol. The Morgan fingerprint density at radius 2 is 1.35 bits per heavy atom. The first-order valence-corrected chi connectivity index (χ1v) is 5.83. The molecule has 0 aliphatic carbocycles. The Labute approximate surface area is 105 Å². The van der Waals surface area contributed by atoms with Crippen LogP contribution in [0.2, 0.25) is 6.82 Å². The lowest BCUT2D eigenvalue weighted by molar-refractivity contribution is 1.18. The molecule has 0 aliphatic heterocycles. The predicted molar refractivity (Wildman–Crippen MR) is 81.0 cm³/mol. The van der Waals surface area contributed by atoms with Gasteiger partial charge in [0, 0.05) is 22.5 Å². The lowest BCUT2D eigenvalue weighted by Gasteiger charge is -2.05. The third-order valence-electron chi connectivity index (χ3n) is 2.68. The number of hydrogen-bond donors (Lipinski definition) is 0. The van der Waals surface area contributed by atoms with Gasteiger partial charge in [0.05, 0.1) is 0 Å². The van der Waals surface area contributed by atoms with E-state index >= 15 is 0 Å². The maximum Gasteiger partial charge on any atom is 0.249 e. The van der Waals surface area contributed by atoms with E-state index in [-0.39, 0.29) is 0 Å². The van der Waals surface area contributed by atoms with E-state index in [1.807, 2.05) is 45.0 Å². The lowest BCUT2D eigenvalue weighted by Crippen LogP contribution is -2.06. The van der Waals surface area contributed by atoms with E-state index in [1.54, 1.807) is 0 Å². The van der Waals surface area contributed by atoms with Crippen molar-refractivity contribution in [2.45, 2.75) is 20.7 Å². The summed E-state index contributed by atoms with van der Waals surface area (Å²) in [6.45, 7) is 13.9. The lowest BCUT2D eigenvalue weighted by atomic mass is 9.97. The summed E-state index contributed by atoms with van der Waals surface area (Å²) in [5, 5.41) is 0. The smallest absolute Gasteiger partial charge is 0.249 e. The molecule has 0 amide bonds. The maximum absolute atomic E-state index is 3.90. The van der Waals surface area contributed by atoms with Crippen LogP contribution in [0, 0.1) is 0 Å². The van der Waals surface area contributed by atoms with Crippen molar-refractivity contribution in [3.05, 3.63) is 47.8 Å². The Balaban J connectivity index is 3.68. The summed E-state index contributed by atoms with van der Waals surface area (Å²) < 4.78 is 2.16. The molecule has 0 saturated carbocycles. The van der Waals surface area contributed by atoms with Crippen LogP contribution in [-0.4, -0.2) is 11.9 Å². The van der Waals surface area contributed by atoms with Gasteiger partial charge in [-0.05, 0) is 26.0 Å². The second-order valence-corrected chi connectivity index (χ2v) is 3.63. The second-order valence-electron chi connectivity index (χ2n) is 3.63. The topological polar surface area (TPSA) is 4.93 Å². The zero-order valence-electron chi connectivity index (χ0n) is 10.9. The van der Waals surface area contributed by atoms with Gasteiger partial charge < -0.3 is 4.48 Å². The van der Waals surface area contributed by atoms with Gasteiger partial charge in [-0.3, -0.25) is 0 Å². The van der Waals surface area contributed by atoms with Crippen molar-refractivity contribution in [1.82, 2.24) is 4.48 Å². The highest BCUT2D eigenvalue weighted by Gasteiger charge is 2.14. The highest BCUT2D eigenvalue weighted by atomic mass is 14.9. The van der Waals surface area contributed by atoms with Crippen molar-refractivity contribution in [2.75, 3.05) is 0 Å². The zero-order chi connectivity index (χ0) is 12.8. The van der Waals surface area contributed by atoms with Gasteiger partial charge in [-0.2, -0.15) is 0 Å². The van der Waals surface area contributed by atoms with Gasteiger partial charge in [0.2, 0.25) is 7.41 Å². The molecule has 1 radical (unpaired) electrons. The van der Waals surface area contributed by atoms with E-state index < -0.39 is 0 Å². The Morgan fingerprint density at radius 1 is 0.941 bits per heavy atom. The molecular formula is C15H19BN. The molecule has 1 aromatic heterocycles. The van der Waals surface area contributed by atoms with Crippen molar-refractivity contribution < 1.29 is 0 Å². The summed E-state index contributed by atoms with van der Waals surface area (Å²) >= 11 is 0.